The molecule has 8 heteroatoms. The Morgan fingerprint density at radius 2 is 1.50 bits per heavy atom. The maximum Gasteiger partial charge on any atom is 0.336 e. The third-order valence-corrected chi connectivity index (χ3v) is 6.25. The highest BCUT2D eigenvalue weighted by molar-refractivity contribution is 9.10. The molecule has 0 aliphatic carbocycles. The molecule has 0 bridgehead atoms. The van der Waals surface area contributed by atoms with Crippen molar-refractivity contribution in [3.63, 3.8) is 0 Å². The van der Waals surface area contributed by atoms with Crippen molar-refractivity contribution >= 4 is 45.1 Å². The van der Waals surface area contributed by atoms with Crippen molar-refractivity contribution in [2.24, 2.45) is 5.92 Å². The van der Waals surface area contributed by atoms with Crippen LogP contribution >= 0.6 is 15.9 Å². The maximum absolute atomic E-state index is 13.6. The van der Waals surface area contributed by atoms with Gasteiger partial charge in [0.05, 0.1) is 23.0 Å². The minimum absolute atomic E-state index is 0.0602. The van der Waals surface area contributed by atoms with Crippen LogP contribution in [0.5, 0.6) is 0 Å². The predicted molar refractivity (Wildman–Crippen MR) is 120 cm³/mol. The molecule has 0 spiro atoms. The summed E-state index contributed by atoms with van der Waals surface area (Å²) in [5.74, 6) is -2.91. The van der Waals surface area contributed by atoms with E-state index in [2.05, 4.69) is 15.9 Å². The van der Waals surface area contributed by atoms with Gasteiger partial charge in [-0.15, -0.1) is 0 Å². The number of carboxylic acids is 1. The van der Waals surface area contributed by atoms with Crippen molar-refractivity contribution in [3.05, 3.63) is 94.5 Å². The Kier molecular flexibility index (Phi) is 5.03. The lowest BCUT2D eigenvalue weighted by Gasteiger charge is -2.29. The summed E-state index contributed by atoms with van der Waals surface area (Å²) in [6, 6.07) is 21.6. The van der Waals surface area contributed by atoms with Crippen LogP contribution in [0.15, 0.2) is 83.3 Å². The van der Waals surface area contributed by atoms with Crippen LogP contribution in [-0.4, -0.2) is 29.0 Å². The molecule has 2 amide bonds. The number of carbonyl (C=O) groups is 3. The zero-order chi connectivity index (χ0) is 22.4. The standard InChI is InChI=1S/C24H17BrN2O5/c25-14-10-12-15(13-11-14)26-22(28)19-20(17-8-4-5-9-18(17)24(30)31)27(32-21(19)23(26)29)16-6-2-1-3-7-16/h1-13,19-21H,(H,30,31)/t19-,20+,21-/m0/s1. The van der Waals surface area contributed by atoms with E-state index in [1.54, 1.807) is 54.6 Å². The summed E-state index contributed by atoms with van der Waals surface area (Å²) in [6.07, 6.45) is -1.06. The van der Waals surface area contributed by atoms with Gasteiger partial charge in [-0.05, 0) is 48.0 Å². The van der Waals surface area contributed by atoms with Crippen molar-refractivity contribution in [1.82, 2.24) is 0 Å². The number of benzene rings is 3. The van der Waals surface area contributed by atoms with Crippen LogP contribution in [0.25, 0.3) is 0 Å². The smallest absolute Gasteiger partial charge is 0.336 e. The lowest BCUT2D eigenvalue weighted by Crippen LogP contribution is -2.37. The highest BCUT2D eigenvalue weighted by Gasteiger charge is 2.60. The molecule has 0 unspecified atom stereocenters. The SMILES string of the molecule is O=C(O)c1ccccc1[C@@H]1[C@@H]2C(=O)N(c3ccc(Br)cc3)C(=O)[C@H]2ON1c1ccccc1. The van der Waals surface area contributed by atoms with Gasteiger partial charge in [-0.1, -0.05) is 52.3 Å². The number of carboxylic acid groups (broad SMARTS) is 1. The summed E-state index contributed by atoms with van der Waals surface area (Å²) in [4.78, 5) is 46.0. The van der Waals surface area contributed by atoms with E-state index in [-0.39, 0.29) is 5.56 Å². The van der Waals surface area contributed by atoms with E-state index in [9.17, 15) is 19.5 Å². The molecule has 2 fully saturated rings. The highest BCUT2D eigenvalue weighted by Crippen LogP contribution is 2.48. The van der Waals surface area contributed by atoms with E-state index in [0.717, 1.165) is 9.37 Å². The van der Waals surface area contributed by atoms with Gasteiger partial charge in [0.15, 0.2) is 6.10 Å². The molecular weight excluding hydrogens is 476 g/mol. The Labute approximate surface area is 191 Å². The molecule has 1 N–H and O–H groups in total. The predicted octanol–water partition coefficient (Wildman–Crippen LogP) is 4.20. The number of carbonyl (C=O) groups excluding carboxylic acids is 2. The number of amides is 2. The minimum Gasteiger partial charge on any atom is -0.478 e. The molecule has 2 aliphatic rings. The third-order valence-electron chi connectivity index (χ3n) is 5.72. The largest absolute Gasteiger partial charge is 0.478 e. The molecule has 0 saturated carbocycles. The van der Waals surface area contributed by atoms with Crippen LogP contribution in [-0.2, 0) is 14.4 Å². The second-order valence-electron chi connectivity index (χ2n) is 7.54. The molecule has 32 heavy (non-hydrogen) atoms. The van der Waals surface area contributed by atoms with E-state index in [4.69, 9.17) is 4.84 Å². The Bertz CT molecular complexity index is 1210. The number of para-hydroxylation sites is 1. The number of nitrogens with zero attached hydrogens (tertiary/aromatic N) is 2. The Balaban J connectivity index is 1.63. The lowest BCUT2D eigenvalue weighted by atomic mass is 9.88. The van der Waals surface area contributed by atoms with Gasteiger partial charge in [0, 0.05) is 4.47 Å². The summed E-state index contributed by atoms with van der Waals surface area (Å²) < 4.78 is 0.820. The first-order valence-corrected chi connectivity index (χ1v) is 10.7. The number of fused-ring (bicyclic) bond motifs is 1. The van der Waals surface area contributed by atoms with Gasteiger partial charge in [-0.3, -0.25) is 14.4 Å². The van der Waals surface area contributed by atoms with Gasteiger partial charge in [0.2, 0.25) is 5.91 Å². The minimum atomic E-state index is -1.11. The Morgan fingerprint density at radius 3 is 2.19 bits per heavy atom. The summed E-state index contributed by atoms with van der Waals surface area (Å²) in [5.41, 5.74) is 1.54. The number of rotatable bonds is 4. The average molecular weight is 493 g/mol. The van der Waals surface area contributed by atoms with E-state index in [1.807, 2.05) is 18.2 Å². The fourth-order valence-electron chi connectivity index (χ4n) is 4.32. The van der Waals surface area contributed by atoms with Gasteiger partial charge < -0.3 is 5.11 Å². The molecule has 2 aliphatic heterocycles. The first-order valence-electron chi connectivity index (χ1n) is 9.94. The van der Waals surface area contributed by atoms with Crippen LogP contribution in [0.1, 0.15) is 22.0 Å². The monoisotopic (exact) mass is 492 g/mol. The molecule has 7 nitrogen and oxygen atoms in total. The number of halogens is 1. The van der Waals surface area contributed by atoms with E-state index >= 15 is 0 Å². The summed E-state index contributed by atoms with van der Waals surface area (Å²) in [7, 11) is 0. The number of hydrogen-bond acceptors (Lipinski definition) is 5. The first kappa shape index (κ1) is 20.4. The van der Waals surface area contributed by atoms with Crippen molar-refractivity contribution in [3.8, 4) is 0 Å². The molecule has 2 saturated heterocycles. The molecule has 0 radical (unpaired) electrons. The molecule has 160 valence electrons. The molecule has 3 atom stereocenters. The van der Waals surface area contributed by atoms with Crippen molar-refractivity contribution in [1.29, 1.82) is 0 Å². The van der Waals surface area contributed by atoms with E-state index < -0.39 is 35.8 Å². The van der Waals surface area contributed by atoms with Gasteiger partial charge in [-0.2, -0.15) is 0 Å². The second kappa shape index (κ2) is 7.89. The van der Waals surface area contributed by atoms with Crippen LogP contribution in [0, 0.1) is 5.92 Å². The van der Waals surface area contributed by atoms with Crippen molar-refractivity contribution < 1.29 is 24.3 Å². The summed E-state index contributed by atoms with van der Waals surface area (Å²) in [6.45, 7) is 0. The molecule has 0 aromatic heterocycles. The zero-order valence-corrected chi connectivity index (χ0v) is 18.2. The number of hydrogen-bond donors (Lipinski definition) is 1. The summed E-state index contributed by atoms with van der Waals surface area (Å²) >= 11 is 3.35. The number of anilines is 2. The quantitative estimate of drug-likeness (QED) is 0.549. The molecule has 3 aromatic rings. The van der Waals surface area contributed by atoms with E-state index in [0.29, 0.717) is 16.9 Å². The Morgan fingerprint density at radius 1 is 0.844 bits per heavy atom. The van der Waals surface area contributed by atoms with Gasteiger partial charge >= 0.3 is 5.97 Å². The maximum atomic E-state index is 13.6. The van der Waals surface area contributed by atoms with Gasteiger partial charge in [0.1, 0.15) is 5.92 Å². The fraction of sp³-hybridized carbons (Fsp3) is 0.125. The van der Waals surface area contributed by atoms with Gasteiger partial charge in [0.25, 0.3) is 5.91 Å². The first-order chi connectivity index (χ1) is 15.5. The normalized spacial score (nSPS) is 22.3. The molecule has 5 rings (SSSR count). The Hall–Kier alpha value is -3.49. The zero-order valence-electron chi connectivity index (χ0n) is 16.6. The topological polar surface area (TPSA) is 87.2 Å². The second-order valence-corrected chi connectivity index (χ2v) is 8.45. The highest BCUT2D eigenvalue weighted by atomic mass is 79.9. The number of aromatic carboxylic acids is 1. The fourth-order valence-corrected chi connectivity index (χ4v) is 4.59. The van der Waals surface area contributed by atoms with E-state index in [1.165, 1.54) is 11.1 Å². The summed E-state index contributed by atoms with van der Waals surface area (Å²) in [5, 5.41) is 11.3. The van der Waals surface area contributed by atoms with Crippen LogP contribution in [0.2, 0.25) is 0 Å². The lowest BCUT2D eigenvalue weighted by molar-refractivity contribution is -0.126. The van der Waals surface area contributed by atoms with Gasteiger partial charge in [-0.25, -0.2) is 14.8 Å². The van der Waals surface area contributed by atoms with Crippen molar-refractivity contribution in [2.75, 3.05) is 9.96 Å². The number of hydroxylamine groups is 1. The average Bonchev–Trinajstić information content (AvgIpc) is 3.31. The van der Waals surface area contributed by atoms with Crippen LogP contribution in [0.4, 0.5) is 11.4 Å². The molecular formula is C24H17BrN2O5. The third kappa shape index (κ3) is 3.19. The van der Waals surface area contributed by atoms with Crippen molar-refractivity contribution in [2.45, 2.75) is 12.1 Å². The molecule has 2 heterocycles. The van der Waals surface area contributed by atoms with Crippen LogP contribution in [0.3, 0.4) is 0 Å². The molecule has 3 aromatic carbocycles. The van der Waals surface area contributed by atoms with Crippen LogP contribution < -0.4 is 9.96 Å². The number of imide groups is 1.